The van der Waals surface area contributed by atoms with Crippen molar-refractivity contribution in [3.8, 4) is 0 Å². The van der Waals surface area contributed by atoms with E-state index in [1.165, 1.54) is 89.6 Å². The smallest absolute Gasteiger partial charge is 0.326 e. The lowest BCUT2D eigenvalue weighted by Crippen LogP contribution is -2.51. The minimum Gasteiger partial charge on any atom is -0.468 e. The number of hydrogen-bond acceptors (Lipinski definition) is 8. The monoisotopic (exact) mass is 1160 g/mol. The van der Waals surface area contributed by atoms with Crippen molar-refractivity contribution in [3.63, 3.8) is 0 Å². The van der Waals surface area contributed by atoms with Crippen LogP contribution in [0.15, 0.2) is 23.3 Å². The molecule has 59 heavy (non-hydrogen) atoms. The van der Waals surface area contributed by atoms with Gasteiger partial charge in [0.25, 0.3) is 2.99 Å². The highest BCUT2D eigenvalue weighted by Gasteiger charge is 2.41. The van der Waals surface area contributed by atoms with E-state index < -0.39 is 11.1 Å². The highest BCUT2D eigenvalue weighted by molar-refractivity contribution is 14.3. The van der Waals surface area contributed by atoms with Crippen LogP contribution in [0.5, 0.6) is 0 Å². The fourth-order valence-electron chi connectivity index (χ4n) is 9.41. The van der Waals surface area contributed by atoms with Gasteiger partial charge in [-0.15, -0.1) is 44.7 Å². The molecule has 8 nitrogen and oxygen atoms in total. The fraction of sp³-hybridized carbons (Fsp3) is 0.870. The van der Waals surface area contributed by atoms with E-state index in [0.29, 0.717) is 0 Å². The molecule has 0 bridgehead atoms. The van der Waals surface area contributed by atoms with E-state index in [1.54, 1.807) is 22.4 Å². The molecule has 4 aliphatic rings. The standard InChI is InChI=1S/2C23H41NO3.BI2.BI/c2*1-4-5-16-27-21-13-9-12-20(17-21)18-23(24-2,22(25)26-3)15-14-19-10-7-6-8-11-19;2-1-3;1-2/h2*17,19,21,24H,4-16,18H2,1-3H3;;/t2*21-,23-;;/m11../s1. The number of halogens is 3. The maximum absolute atomic E-state index is 12.8. The molecule has 4 atom stereocenters. The van der Waals surface area contributed by atoms with Gasteiger partial charge in [0.05, 0.1) is 26.4 Å². The van der Waals surface area contributed by atoms with Crippen LogP contribution in [0.1, 0.15) is 181 Å². The zero-order chi connectivity index (χ0) is 43.8. The molecule has 0 aromatic heterocycles. The Balaban J connectivity index is 0.000000532. The van der Waals surface area contributed by atoms with Gasteiger partial charge in [-0.2, -0.15) is 22.4 Å². The van der Waals surface area contributed by atoms with E-state index >= 15 is 0 Å². The Bertz CT molecular complexity index is 1070. The second kappa shape index (κ2) is 35.9. The summed E-state index contributed by atoms with van der Waals surface area (Å²) in [5, 5.41) is 6.73. The van der Waals surface area contributed by atoms with Crippen LogP contribution in [0.25, 0.3) is 0 Å². The third-order valence-corrected chi connectivity index (χ3v) is 13.1. The average Bonchev–Trinajstić information content (AvgIpc) is 3.28. The van der Waals surface area contributed by atoms with Crippen molar-refractivity contribution in [2.24, 2.45) is 11.8 Å². The third kappa shape index (κ3) is 22.9. The van der Waals surface area contributed by atoms with Gasteiger partial charge >= 0.3 is 11.9 Å². The Hall–Kier alpha value is 0.580. The van der Waals surface area contributed by atoms with E-state index in [0.717, 1.165) is 128 Å². The van der Waals surface area contributed by atoms with Gasteiger partial charge in [-0.25, -0.2) is 0 Å². The molecule has 2 saturated carbocycles. The summed E-state index contributed by atoms with van der Waals surface area (Å²) in [7, 11) is 6.86. The summed E-state index contributed by atoms with van der Waals surface area (Å²) in [5.74, 6) is 1.30. The molecule has 3 radical (unpaired) electrons. The maximum atomic E-state index is 12.8. The number of rotatable bonds is 22. The van der Waals surface area contributed by atoms with Gasteiger partial charge in [0.1, 0.15) is 11.1 Å². The van der Waals surface area contributed by atoms with Crippen LogP contribution < -0.4 is 10.6 Å². The first-order valence-corrected chi connectivity index (χ1v) is 26.8. The summed E-state index contributed by atoms with van der Waals surface area (Å²) in [6, 6.07) is 0. The van der Waals surface area contributed by atoms with Crippen LogP contribution in [0.3, 0.4) is 0 Å². The predicted molar refractivity (Wildman–Crippen MR) is 275 cm³/mol. The predicted octanol–water partition coefficient (Wildman–Crippen LogP) is 12.2. The normalized spacial score (nSPS) is 21.8. The first-order valence-electron chi connectivity index (χ1n) is 23.1. The molecule has 0 amide bonds. The molecule has 0 unspecified atom stereocenters. The number of carbonyl (C=O) groups is 2. The second-order valence-corrected chi connectivity index (χ2v) is 20.8. The minimum absolute atomic E-state index is 0.115. The highest BCUT2D eigenvalue weighted by Crippen LogP contribution is 2.36. The summed E-state index contributed by atoms with van der Waals surface area (Å²) >= 11 is 5.95. The van der Waals surface area contributed by atoms with Gasteiger partial charge in [0.15, 0.2) is 5.70 Å². The molecule has 13 heteroatoms. The lowest BCUT2D eigenvalue weighted by molar-refractivity contribution is -0.149. The third-order valence-electron chi connectivity index (χ3n) is 13.1. The number of unbranched alkanes of at least 4 members (excludes halogenated alkanes) is 2. The van der Waals surface area contributed by atoms with E-state index in [9.17, 15) is 9.59 Å². The Morgan fingerprint density at radius 2 is 1.02 bits per heavy atom. The molecule has 0 spiro atoms. The van der Waals surface area contributed by atoms with Crippen molar-refractivity contribution in [1.29, 1.82) is 0 Å². The lowest BCUT2D eigenvalue weighted by atomic mass is 9.78. The number of hydrogen-bond donors (Lipinski definition) is 2. The molecule has 0 saturated heterocycles. The Morgan fingerprint density at radius 1 is 0.661 bits per heavy atom. The number of likely N-dealkylation sites (N-methyl/N-ethyl adjacent to an activating group) is 2. The number of nitrogens with one attached hydrogen (secondary N) is 2. The van der Waals surface area contributed by atoms with Crippen LogP contribution in [0.2, 0.25) is 0 Å². The van der Waals surface area contributed by atoms with Crippen LogP contribution in [0.4, 0.5) is 0 Å². The Labute approximate surface area is 404 Å². The molecule has 0 heterocycles. The average molecular weight is 1160 g/mol. The maximum Gasteiger partial charge on any atom is 0.326 e. The van der Waals surface area contributed by atoms with Crippen molar-refractivity contribution in [3.05, 3.63) is 23.3 Å². The van der Waals surface area contributed by atoms with Crippen molar-refractivity contribution in [2.75, 3.05) is 41.5 Å². The SMILES string of the molecule is CCCCO[C@H]1C=C(C[C@@](CCC2CCCCC2)(NC)C(=O)OC)CCC1.CCCCO[C@H]1C=C(C[C@@](CCC2CCCCC2)(NC)C(=O)OC)CCC1.I[B]I.[B]I. The molecule has 4 aliphatic carbocycles. The Morgan fingerprint density at radius 3 is 1.32 bits per heavy atom. The molecule has 0 aromatic carbocycles. The summed E-state index contributed by atoms with van der Waals surface area (Å²) in [6.45, 7) is 6.05. The van der Waals surface area contributed by atoms with Gasteiger partial charge < -0.3 is 29.6 Å². The summed E-state index contributed by atoms with van der Waals surface area (Å²) in [5.41, 5.74) is 5.99. The second-order valence-electron chi connectivity index (χ2n) is 17.1. The zero-order valence-corrected chi connectivity index (χ0v) is 44.5. The number of carbonyl (C=O) groups excluding carboxylic acids is 2. The van der Waals surface area contributed by atoms with E-state index in [-0.39, 0.29) is 24.1 Å². The van der Waals surface area contributed by atoms with Crippen molar-refractivity contribution >= 4 is 87.8 Å². The van der Waals surface area contributed by atoms with Gasteiger partial charge in [-0.1, -0.05) is 114 Å². The lowest BCUT2D eigenvalue weighted by Gasteiger charge is -2.35. The molecule has 2 fully saturated rings. The van der Waals surface area contributed by atoms with Crippen LogP contribution >= 0.6 is 67.1 Å². The summed E-state index contributed by atoms with van der Waals surface area (Å²) in [6.07, 6.45) is 35.0. The summed E-state index contributed by atoms with van der Waals surface area (Å²) in [4.78, 5) is 25.5. The van der Waals surface area contributed by atoms with Gasteiger partial charge in [-0.3, -0.25) is 9.59 Å². The fourth-order valence-corrected chi connectivity index (χ4v) is 9.41. The molecule has 0 aliphatic heterocycles. The number of esters is 2. The van der Waals surface area contributed by atoms with Gasteiger partial charge in [-0.05, 0) is 116 Å². The zero-order valence-electron chi connectivity index (χ0n) is 38.0. The Kier molecular flexibility index (Phi) is 35.0. The van der Waals surface area contributed by atoms with Gasteiger partial charge in [0.2, 0.25) is 0 Å². The summed E-state index contributed by atoms with van der Waals surface area (Å²) < 4.78 is 24.5. The topological polar surface area (TPSA) is 95.1 Å². The molecule has 0 aromatic rings. The number of methoxy groups -OCH3 is 2. The minimum atomic E-state index is -0.594. The van der Waals surface area contributed by atoms with Crippen LogP contribution in [-0.4, -0.2) is 85.4 Å². The molecule has 4 rings (SSSR count). The largest absolute Gasteiger partial charge is 0.468 e. The number of ether oxygens (including phenoxy) is 4. The van der Waals surface area contributed by atoms with Crippen molar-refractivity contribution in [2.45, 2.75) is 204 Å². The van der Waals surface area contributed by atoms with Gasteiger partial charge in [0, 0.05) is 13.2 Å². The van der Waals surface area contributed by atoms with E-state index in [4.69, 9.17) is 18.9 Å². The van der Waals surface area contributed by atoms with Crippen molar-refractivity contribution in [1.82, 2.24) is 10.6 Å². The van der Waals surface area contributed by atoms with Crippen LogP contribution in [0, 0.1) is 11.8 Å². The first kappa shape index (κ1) is 57.6. The van der Waals surface area contributed by atoms with E-state index in [1.807, 2.05) is 17.1 Å². The van der Waals surface area contributed by atoms with E-state index in [2.05, 4.69) is 87.1 Å². The van der Waals surface area contributed by atoms with Crippen LogP contribution in [-0.2, 0) is 28.5 Å². The van der Waals surface area contributed by atoms with Crippen molar-refractivity contribution < 1.29 is 28.5 Å². The molecular weight excluding hydrogens is 1080 g/mol. The molecule has 339 valence electrons. The first-order chi connectivity index (χ1) is 28.7. The quantitative estimate of drug-likeness (QED) is 0.0364. The molecule has 2 N–H and O–H groups in total. The molecular formula is C46H82B2I3N2O6. The highest BCUT2D eigenvalue weighted by atomic mass is 127.